The molecule has 2 rings (SSSR count). The van der Waals surface area contributed by atoms with Crippen LogP contribution in [0.1, 0.15) is 41.3 Å². The predicted octanol–water partition coefficient (Wildman–Crippen LogP) is 4.49. The minimum absolute atomic E-state index is 0.0523. The molecule has 0 aliphatic rings. The fourth-order valence-corrected chi connectivity index (χ4v) is 2.86. The zero-order valence-electron chi connectivity index (χ0n) is 15.3. The number of aliphatic imine (C=N–C) groups is 1. The van der Waals surface area contributed by atoms with Crippen molar-refractivity contribution in [3.8, 4) is 0 Å². The molecule has 0 saturated heterocycles. The van der Waals surface area contributed by atoms with Gasteiger partial charge < -0.3 is 10.5 Å². The van der Waals surface area contributed by atoms with Crippen molar-refractivity contribution in [1.82, 2.24) is 4.98 Å². The van der Waals surface area contributed by atoms with E-state index in [2.05, 4.69) is 16.9 Å². The van der Waals surface area contributed by atoms with E-state index in [4.69, 9.17) is 33.7 Å². The van der Waals surface area contributed by atoms with Crippen molar-refractivity contribution < 1.29 is 9.53 Å². The number of aromatic nitrogens is 1. The van der Waals surface area contributed by atoms with Crippen molar-refractivity contribution in [2.75, 3.05) is 13.2 Å². The quantitative estimate of drug-likeness (QED) is 0.287. The number of aryl methyl sites for hydroxylation is 1. The fourth-order valence-electron chi connectivity index (χ4n) is 2.44. The van der Waals surface area contributed by atoms with Gasteiger partial charge in [0.2, 0.25) is 0 Å². The summed E-state index contributed by atoms with van der Waals surface area (Å²) < 4.78 is 5.48. The second-order valence-electron chi connectivity index (χ2n) is 6.09. The average molecular weight is 408 g/mol. The summed E-state index contributed by atoms with van der Waals surface area (Å²) in [4.78, 5) is 20.3. The summed E-state index contributed by atoms with van der Waals surface area (Å²) in [5, 5.41) is 0.819. The van der Waals surface area contributed by atoms with Crippen LogP contribution in [0.3, 0.4) is 0 Å². The highest BCUT2D eigenvalue weighted by atomic mass is 35.5. The number of benzene rings is 1. The molecule has 0 bridgehead atoms. The van der Waals surface area contributed by atoms with E-state index in [1.54, 1.807) is 12.3 Å². The lowest BCUT2D eigenvalue weighted by Crippen LogP contribution is -2.22. The second kappa shape index (κ2) is 11.0. The first-order valence-electron chi connectivity index (χ1n) is 8.84. The first kappa shape index (κ1) is 21.4. The maximum Gasteiger partial charge on any atom is 0.281 e. The number of carbonyl (C=O) groups is 1. The Hall–Kier alpha value is -1.95. The van der Waals surface area contributed by atoms with E-state index in [0.29, 0.717) is 18.1 Å². The van der Waals surface area contributed by atoms with Crippen molar-refractivity contribution in [2.24, 2.45) is 10.7 Å². The average Bonchev–Trinajstić information content (AvgIpc) is 2.65. The van der Waals surface area contributed by atoms with Crippen LogP contribution in [-0.2, 0) is 17.6 Å². The van der Waals surface area contributed by atoms with Gasteiger partial charge in [-0.1, -0.05) is 54.7 Å². The molecule has 0 fully saturated rings. The third kappa shape index (κ3) is 6.94. The lowest BCUT2D eigenvalue weighted by Gasteiger charge is -2.06. The highest BCUT2D eigenvalue weighted by Crippen LogP contribution is 2.17. The van der Waals surface area contributed by atoms with Crippen molar-refractivity contribution >= 4 is 34.9 Å². The zero-order chi connectivity index (χ0) is 19.6. The molecule has 0 atom stereocenters. The summed E-state index contributed by atoms with van der Waals surface area (Å²) in [6.45, 7) is 2.58. The largest absolute Gasteiger partial charge is 0.385 e. The minimum atomic E-state index is -0.516. The molecule has 1 amide bonds. The Morgan fingerprint density at radius 2 is 2.04 bits per heavy atom. The lowest BCUT2D eigenvalue weighted by molar-refractivity contribution is 0.1000. The Morgan fingerprint density at radius 1 is 1.26 bits per heavy atom. The van der Waals surface area contributed by atoms with Crippen LogP contribution in [0, 0.1) is 0 Å². The molecule has 0 aliphatic heterocycles. The Bertz CT molecular complexity index is 810. The van der Waals surface area contributed by atoms with Gasteiger partial charge in [0, 0.05) is 11.2 Å². The van der Waals surface area contributed by atoms with Gasteiger partial charge in [0.05, 0.1) is 12.2 Å². The van der Waals surface area contributed by atoms with Gasteiger partial charge >= 0.3 is 0 Å². The molecule has 0 saturated carbocycles. The van der Waals surface area contributed by atoms with E-state index in [1.807, 2.05) is 24.3 Å². The number of nitrogens with two attached hydrogens (primary N) is 1. The smallest absolute Gasteiger partial charge is 0.281 e. The van der Waals surface area contributed by atoms with Gasteiger partial charge in [0.25, 0.3) is 5.91 Å². The molecular formula is C20H23Cl2N3O2. The van der Waals surface area contributed by atoms with Gasteiger partial charge in [0.15, 0.2) is 0 Å². The standard InChI is InChI=1S/C20H23Cl2N3O2/c1-2-3-6-14-11-16(19(22)24-12-14)20(26)25-18(23)13-27-10-9-15-7-4-5-8-17(15)21/h4-5,7-8,11-12H,2-3,6,9-10,13H2,1H3,(H2,23,25,26). The number of hydrogen-bond acceptors (Lipinski definition) is 3. The molecular weight excluding hydrogens is 385 g/mol. The Kier molecular flexibility index (Phi) is 8.72. The molecule has 0 spiro atoms. The number of halogens is 2. The van der Waals surface area contributed by atoms with E-state index in [0.717, 1.165) is 30.4 Å². The SMILES string of the molecule is CCCCc1cnc(Cl)c(C(=O)N=C(N)COCCc2ccccc2Cl)c1. The summed E-state index contributed by atoms with van der Waals surface area (Å²) in [5.74, 6) is -0.424. The Morgan fingerprint density at radius 3 is 2.78 bits per heavy atom. The van der Waals surface area contributed by atoms with Crippen LogP contribution in [0.25, 0.3) is 0 Å². The molecule has 2 N–H and O–H groups in total. The number of ether oxygens (including phenoxy) is 1. The first-order valence-corrected chi connectivity index (χ1v) is 9.59. The fraction of sp³-hybridized carbons (Fsp3) is 0.350. The number of unbranched alkanes of at least 4 members (excludes halogenated alkanes) is 1. The number of rotatable bonds is 9. The van der Waals surface area contributed by atoms with Crippen molar-refractivity contribution in [3.05, 3.63) is 63.4 Å². The Labute approximate surface area is 169 Å². The topological polar surface area (TPSA) is 77.6 Å². The van der Waals surface area contributed by atoms with Gasteiger partial charge in [-0.05, 0) is 42.5 Å². The van der Waals surface area contributed by atoms with Gasteiger partial charge in [-0.3, -0.25) is 4.79 Å². The maximum atomic E-state index is 12.3. The van der Waals surface area contributed by atoms with Crippen LogP contribution in [-0.4, -0.2) is 29.9 Å². The van der Waals surface area contributed by atoms with E-state index >= 15 is 0 Å². The number of pyridine rings is 1. The van der Waals surface area contributed by atoms with Crippen molar-refractivity contribution in [3.63, 3.8) is 0 Å². The molecule has 7 heteroatoms. The van der Waals surface area contributed by atoms with Crippen LogP contribution in [0.4, 0.5) is 0 Å². The van der Waals surface area contributed by atoms with E-state index in [-0.39, 0.29) is 23.2 Å². The van der Waals surface area contributed by atoms with Crippen LogP contribution in [0.2, 0.25) is 10.2 Å². The number of carbonyl (C=O) groups excluding carboxylic acids is 1. The number of amides is 1. The van der Waals surface area contributed by atoms with Crippen LogP contribution in [0.15, 0.2) is 41.5 Å². The summed E-state index contributed by atoms with van der Waals surface area (Å²) in [5.41, 5.74) is 8.00. The third-order valence-electron chi connectivity index (χ3n) is 3.91. The second-order valence-corrected chi connectivity index (χ2v) is 6.85. The molecule has 0 aliphatic carbocycles. The van der Waals surface area contributed by atoms with E-state index in [1.165, 1.54) is 0 Å². The molecule has 5 nitrogen and oxygen atoms in total. The highest BCUT2D eigenvalue weighted by Gasteiger charge is 2.12. The third-order valence-corrected chi connectivity index (χ3v) is 4.58. The maximum absolute atomic E-state index is 12.3. The normalized spacial score (nSPS) is 11.6. The van der Waals surface area contributed by atoms with Crippen molar-refractivity contribution in [1.29, 1.82) is 0 Å². The number of hydrogen-bond donors (Lipinski definition) is 1. The first-order chi connectivity index (χ1) is 13.0. The zero-order valence-corrected chi connectivity index (χ0v) is 16.8. The predicted molar refractivity (Wildman–Crippen MR) is 110 cm³/mol. The number of amidine groups is 1. The van der Waals surface area contributed by atoms with Crippen molar-refractivity contribution in [2.45, 2.75) is 32.6 Å². The van der Waals surface area contributed by atoms with Gasteiger partial charge in [-0.2, -0.15) is 4.99 Å². The van der Waals surface area contributed by atoms with E-state index < -0.39 is 5.91 Å². The molecule has 27 heavy (non-hydrogen) atoms. The van der Waals surface area contributed by atoms with Crippen LogP contribution < -0.4 is 5.73 Å². The summed E-state index contributed by atoms with van der Waals surface area (Å²) in [7, 11) is 0. The molecule has 1 aromatic heterocycles. The molecule has 144 valence electrons. The summed E-state index contributed by atoms with van der Waals surface area (Å²) in [6.07, 6.45) is 5.24. The number of nitrogens with zero attached hydrogens (tertiary/aromatic N) is 2. The highest BCUT2D eigenvalue weighted by molar-refractivity contribution is 6.33. The van der Waals surface area contributed by atoms with Crippen LogP contribution in [0.5, 0.6) is 0 Å². The van der Waals surface area contributed by atoms with Gasteiger partial charge in [0.1, 0.15) is 17.6 Å². The molecule has 1 heterocycles. The van der Waals surface area contributed by atoms with Gasteiger partial charge in [-0.25, -0.2) is 4.98 Å². The minimum Gasteiger partial charge on any atom is -0.385 e. The monoisotopic (exact) mass is 407 g/mol. The Balaban J connectivity index is 1.89. The molecule has 0 radical (unpaired) electrons. The molecule has 2 aromatic rings. The lowest BCUT2D eigenvalue weighted by atomic mass is 10.1. The summed E-state index contributed by atoms with van der Waals surface area (Å²) >= 11 is 12.1. The van der Waals surface area contributed by atoms with Gasteiger partial charge in [-0.15, -0.1) is 0 Å². The molecule has 1 aromatic carbocycles. The molecule has 0 unspecified atom stereocenters. The summed E-state index contributed by atoms with van der Waals surface area (Å²) in [6, 6.07) is 9.29. The van der Waals surface area contributed by atoms with E-state index in [9.17, 15) is 4.79 Å². The van der Waals surface area contributed by atoms with Crippen LogP contribution >= 0.6 is 23.2 Å².